The fourth-order valence-electron chi connectivity index (χ4n) is 4.38. The highest BCUT2D eigenvalue weighted by molar-refractivity contribution is 5.80. The van der Waals surface area contributed by atoms with E-state index < -0.39 is 0 Å². The lowest BCUT2D eigenvalue weighted by Gasteiger charge is -2.39. The Bertz CT molecular complexity index is 749. The molecule has 2 fully saturated rings. The van der Waals surface area contributed by atoms with Crippen molar-refractivity contribution in [1.82, 2.24) is 9.88 Å². The Kier molecular flexibility index (Phi) is 5.28. The molecule has 5 heteroatoms. The maximum absolute atomic E-state index is 12.9. The van der Waals surface area contributed by atoms with Crippen LogP contribution >= 0.6 is 0 Å². The van der Waals surface area contributed by atoms with Crippen LogP contribution in [0.1, 0.15) is 38.2 Å². The molecule has 5 nitrogen and oxygen atoms in total. The topological polar surface area (TPSA) is 51.7 Å². The first-order valence-electron chi connectivity index (χ1n) is 9.82. The van der Waals surface area contributed by atoms with Crippen LogP contribution in [0.15, 0.2) is 48.8 Å². The van der Waals surface area contributed by atoms with Gasteiger partial charge < -0.3 is 14.4 Å². The molecule has 0 radical (unpaired) electrons. The quantitative estimate of drug-likeness (QED) is 0.783. The molecule has 3 heterocycles. The zero-order chi connectivity index (χ0) is 18.6. The van der Waals surface area contributed by atoms with Gasteiger partial charge in [0.25, 0.3) is 0 Å². The van der Waals surface area contributed by atoms with E-state index in [4.69, 9.17) is 9.47 Å². The van der Waals surface area contributed by atoms with Crippen LogP contribution < -0.4 is 9.47 Å². The summed E-state index contributed by atoms with van der Waals surface area (Å²) in [6.07, 6.45) is 8.11. The number of benzene rings is 1. The van der Waals surface area contributed by atoms with E-state index in [0.717, 1.165) is 42.7 Å². The molecule has 2 aliphatic rings. The van der Waals surface area contributed by atoms with E-state index in [1.807, 2.05) is 43.3 Å². The SMILES string of the molecule is CCOc1ccc(CC(=O)N2C3CCC2CC(Oc2ccncc2)C3)cc1. The summed E-state index contributed by atoms with van der Waals surface area (Å²) in [5, 5.41) is 0. The molecular formula is C22H26N2O3. The van der Waals surface area contributed by atoms with Gasteiger partial charge in [-0.05, 0) is 49.6 Å². The minimum atomic E-state index is 0.180. The number of fused-ring (bicyclic) bond motifs is 2. The lowest BCUT2D eigenvalue weighted by molar-refractivity contribution is -0.136. The lowest BCUT2D eigenvalue weighted by Crippen LogP contribution is -2.49. The summed E-state index contributed by atoms with van der Waals surface area (Å²) in [5.74, 6) is 1.94. The molecule has 4 rings (SSSR count). The standard InChI is InChI=1S/C22H26N2O3/c1-2-26-19-7-3-16(4-8-19)13-22(25)24-17-5-6-18(24)15-21(14-17)27-20-9-11-23-12-10-20/h3-4,7-12,17-18,21H,2,5-6,13-15H2,1H3. The number of pyridine rings is 1. The number of amides is 1. The molecule has 2 saturated heterocycles. The van der Waals surface area contributed by atoms with Gasteiger partial charge in [0.2, 0.25) is 5.91 Å². The number of hydrogen-bond acceptors (Lipinski definition) is 4. The molecule has 2 aromatic rings. The van der Waals surface area contributed by atoms with Gasteiger partial charge in [-0.15, -0.1) is 0 Å². The first-order valence-corrected chi connectivity index (χ1v) is 9.82. The normalized spacial score (nSPS) is 23.9. The average molecular weight is 366 g/mol. The summed E-state index contributed by atoms with van der Waals surface area (Å²) < 4.78 is 11.6. The van der Waals surface area contributed by atoms with Gasteiger partial charge in [0, 0.05) is 37.3 Å². The minimum absolute atomic E-state index is 0.180. The van der Waals surface area contributed by atoms with Crippen molar-refractivity contribution in [2.75, 3.05) is 6.61 Å². The summed E-state index contributed by atoms with van der Waals surface area (Å²) in [7, 11) is 0. The minimum Gasteiger partial charge on any atom is -0.494 e. The molecule has 1 amide bonds. The van der Waals surface area contributed by atoms with Gasteiger partial charge in [0.15, 0.2) is 0 Å². The number of piperidine rings is 1. The molecule has 0 aliphatic carbocycles. The van der Waals surface area contributed by atoms with E-state index in [9.17, 15) is 4.79 Å². The predicted molar refractivity (Wildman–Crippen MR) is 103 cm³/mol. The van der Waals surface area contributed by atoms with Crippen LogP contribution in [0, 0.1) is 0 Å². The van der Waals surface area contributed by atoms with Crippen molar-refractivity contribution < 1.29 is 14.3 Å². The van der Waals surface area contributed by atoms with Gasteiger partial charge in [0.1, 0.15) is 17.6 Å². The van der Waals surface area contributed by atoms with Crippen molar-refractivity contribution >= 4 is 5.91 Å². The Hall–Kier alpha value is -2.56. The molecule has 27 heavy (non-hydrogen) atoms. The third-order valence-electron chi connectivity index (χ3n) is 5.52. The molecule has 2 aliphatic heterocycles. The second kappa shape index (κ2) is 7.99. The van der Waals surface area contributed by atoms with Crippen LogP contribution in [0.4, 0.5) is 0 Å². The smallest absolute Gasteiger partial charge is 0.227 e. The second-order valence-electron chi connectivity index (χ2n) is 7.33. The summed E-state index contributed by atoms with van der Waals surface area (Å²) in [6, 6.07) is 12.2. The molecule has 2 bridgehead atoms. The Morgan fingerprint density at radius 3 is 2.33 bits per heavy atom. The largest absolute Gasteiger partial charge is 0.494 e. The van der Waals surface area contributed by atoms with Crippen LogP contribution in [-0.4, -0.2) is 40.6 Å². The van der Waals surface area contributed by atoms with E-state index in [1.165, 1.54) is 0 Å². The molecule has 142 valence electrons. The van der Waals surface area contributed by atoms with Crippen molar-refractivity contribution in [1.29, 1.82) is 0 Å². The third kappa shape index (κ3) is 4.07. The molecule has 0 saturated carbocycles. The molecule has 0 N–H and O–H groups in total. The van der Waals surface area contributed by atoms with Crippen molar-refractivity contribution in [2.45, 2.75) is 57.2 Å². The number of rotatable bonds is 6. The average Bonchev–Trinajstić information content (AvgIpc) is 2.95. The van der Waals surface area contributed by atoms with Gasteiger partial charge in [-0.2, -0.15) is 0 Å². The van der Waals surface area contributed by atoms with Gasteiger partial charge in [-0.3, -0.25) is 9.78 Å². The zero-order valence-electron chi connectivity index (χ0n) is 15.7. The Morgan fingerprint density at radius 1 is 1.04 bits per heavy atom. The number of hydrogen-bond donors (Lipinski definition) is 0. The van der Waals surface area contributed by atoms with Crippen LogP contribution in [-0.2, 0) is 11.2 Å². The van der Waals surface area contributed by atoms with Crippen LogP contribution in [0.5, 0.6) is 11.5 Å². The van der Waals surface area contributed by atoms with E-state index in [0.29, 0.717) is 25.1 Å². The summed E-state index contributed by atoms with van der Waals surface area (Å²) in [5.41, 5.74) is 1.04. The van der Waals surface area contributed by atoms with E-state index in [2.05, 4.69) is 9.88 Å². The van der Waals surface area contributed by atoms with Gasteiger partial charge >= 0.3 is 0 Å². The maximum atomic E-state index is 12.9. The van der Waals surface area contributed by atoms with Crippen molar-refractivity contribution in [2.24, 2.45) is 0 Å². The number of carbonyl (C=O) groups is 1. The van der Waals surface area contributed by atoms with Crippen molar-refractivity contribution in [3.05, 3.63) is 54.4 Å². The van der Waals surface area contributed by atoms with Crippen molar-refractivity contribution in [3.8, 4) is 11.5 Å². The van der Waals surface area contributed by atoms with E-state index >= 15 is 0 Å². The fraction of sp³-hybridized carbons (Fsp3) is 0.455. The highest BCUT2D eigenvalue weighted by atomic mass is 16.5. The van der Waals surface area contributed by atoms with E-state index in [-0.39, 0.29) is 12.0 Å². The van der Waals surface area contributed by atoms with Crippen LogP contribution in [0.25, 0.3) is 0 Å². The first-order chi connectivity index (χ1) is 13.2. The number of nitrogens with zero attached hydrogens (tertiary/aromatic N) is 2. The third-order valence-corrected chi connectivity index (χ3v) is 5.52. The summed E-state index contributed by atoms with van der Waals surface area (Å²) >= 11 is 0. The first kappa shape index (κ1) is 17.8. The van der Waals surface area contributed by atoms with Gasteiger partial charge in [-0.25, -0.2) is 0 Å². The van der Waals surface area contributed by atoms with Crippen LogP contribution in [0.2, 0.25) is 0 Å². The predicted octanol–water partition coefficient (Wildman–Crippen LogP) is 3.62. The Morgan fingerprint density at radius 2 is 1.70 bits per heavy atom. The van der Waals surface area contributed by atoms with Gasteiger partial charge in [0.05, 0.1) is 13.0 Å². The highest BCUT2D eigenvalue weighted by Gasteiger charge is 2.43. The van der Waals surface area contributed by atoms with Crippen molar-refractivity contribution in [3.63, 3.8) is 0 Å². The highest BCUT2D eigenvalue weighted by Crippen LogP contribution is 2.37. The van der Waals surface area contributed by atoms with Crippen LogP contribution in [0.3, 0.4) is 0 Å². The molecule has 1 aromatic heterocycles. The summed E-state index contributed by atoms with van der Waals surface area (Å²) in [6.45, 7) is 2.62. The number of ether oxygens (including phenoxy) is 2. The van der Waals surface area contributed by atoms with Gasteiger partial charge in [-0.1, -0.05) is 12.1 Å². The number of carbonyl (C=O) groups excluding carboxylic acids is 1. The molecule has 0 spiro atoms. The molecule has 2 atom stereocenters. The zero-order valence-corrected chi connectivity index (χ0v) is 15.7. The summed E-state index contributed by atoms with van der Waals surface area (Å²) in [4.78, 5) is 19.1. The fourth-order valence-corrected chi connectivity index (χ4v) is 4.38. The molecule has 1 aromatic carbocycles. The van der Waals surface area contributed by atoms with E-state index in [1.54, 1.807) is 12.4 Å². The Balaban J connectivity index is 1.36. The lowest BCUT2D eigenvalue weighted by atomic mass is 9.98. The second-order valence-corrected chi connectivity index (χ2v) is 7.33. The maximum Gasteiger partial charge on any atom is 0.227 e. The Labute approximate surface area is 160 Å². The molecule has 2 unspecified atom stereocenters. The number of aromatic nitrogens is 1. The monoisotopic (exact) mass is 366 g/mol. The molecular weight excluding hydrogens is 340 g/mol.